The number of rotatable bonds is 8. The molecule has 0 bridgehead atoms. The van der Waals surface area contributed by atoms with Gasteiger partial charge in [0.05, 0.1) is 19.0 Å². The molecule has 3 aromatic rings. The Morgan fingerprint density at radius 3 is 2.52 bits per heavy atom. The summed E-state index contributed by atoms with van der Waals surface area (Å²) in [5.74, 6) is 0.711. The Morgan fingerprint density at radius 2 is 1.83 bits per heavy atom. The van der Waals surface area contributed by atoms with Crippen LogP contribution in [-0.4, -0.2) is 24.6 Å². The third-order valence-electron chi connectivity index (χ3n) is 3.98. The number of benzene rings is 2. The molecule has 2 amide bonds. The second kappa shape index (κ2) is 9.89. The van der Waals surface area contributed by atoms with Gasteiger partial charge in [0.1, 0.15) is 11.5 Å². The van der Waals surface area contributed by atoms with E-state index in [1.54, 1.807) is 54.8 Å². The number of hydrogen-bond donors (Lipinski definition) is 2. The lowest BCUT2D eigenvalue weighted by atomic mass is 10.1. The fourth-order valence-electron chi connectivity index (χ4n) is 2.38. The molecule has 0 saturated heterocycles. The maximum absolute atomic E-state index is 12.0. The van der Waals surface area contributed by atoms with Crippen molar-refractivity contribution in [1.82, 2.24) is 10.7 Å². The number of carbonyl (C=O) groups excluding carboxylic acids is 2. The SMILES string of the molecule is Cc1ccc(C(=O)N/N=C/c2ccc(OCC(=O)NCc3ccco3)cc2)cc1. The van der Waals surface area contributed by atoms with Crippen molar-refractivity contribution in [3.8, 4) is 5.75 Å². The van der Waals surface area contributed by atoms with Crippen molar-refractivity contribution in [3.63, 3.8) is 0 Å². The van der Waals surface area contributed by atoms with Crippen LogP contribution in [0, 0.1) is 6.92 Å². The van der Waals surface area contributed by atoms with Gasteiger partial charge in [-0.2, -0.15) is 5.10 Å². The van der Waals surface area contributed by atoms with Crippen LogP contribution in [0.25, 0.3) is 0 Å². The average Bonchev–Trinajstić information content (AvgIpc) is 3.26. The summed E-state index contributed by atoms with van der Waals surface area (Å²) in [5, 5.41) is 6.66. The molecule has 0 unspecified atom stereocenters. The first-order valence-corrected chi connectivity index (χ1v) is 9.02. The lowest BCUT2D eigenvalue weighted by Crippen LogP contribution is -2.28. The van der Waals surface area contributed by atoms with Gasteiger partial charge in [0.2, 0.25) is 0 Å². The summed E-state index contributed by atoms with van der Waals surface area (Å²) in [6.45, 7) is 2.18. The zero-order chi connectivity index (χ0) is 20.5. The number of aryl methyl sites for hydroxylation is 1. The van der Waals surface area contributed by atoms with E-state index >= 15 is 0 Å². The largest absolute Gasteiger partial charge is 0.484 e. The van der Waals surface area contributed by atoms with Gasteiger partial charge < -0.3 is 14.5 Å². The van der Waals surface area contributed by atoms with Crippen molar-refractivity contribution >= 4 is 18.0 Å². The van der Waals surface area contributed by atoms with Crippen molar-refractivity contribution in [2.24, 2.45) is 5.10 Å². The number of carbonyl (C=O) groups is 2. The standard InChI is InChI=1S/C22H21N3O4/c1-16-4-8-18(9-5-16)22(27)25-24-13-17-6-10-19(11-7-17)29-15-21(26)23-14-20-3-2-12-28-20/h2-13H,14-15H2,1H3,(H,23,26)(H,25,27)/b24-13+. The monoisotopic (exact) mass is 391 g/mol. The van der Waals surface area contributed by atoms with Gasteiger partial charge in [-0.25, -0.2) is 5.43 Å². The van der Waals surface area contributed by atoms with E-state index in [4.69, 9.17) is 9.15 Å². The Kier molecular flexibility index (Phi) is 6.78. The van der Waals surface area contributed by atoms with Crippen LogP contribution in [0.15, 0.2) is 76.4 Å². The van der Waals surface area contributed by atoms with Crippen molar-refractivity contribution in [3.05, 3.63) is 89.4 Å². The molecule has 0 radical (unpaired) electrons. The highest BCUT2D eigenvalue weighted by Crippen LogP contribution is 2.11. The molecular formula is C22H21N3O4. The smallest absolute Gasteiger partial charge is 0.271 e. The van der Waals surface area contributed by atoms with Crippen LogP contribution in [0.1, 0.15) is 27.2 Å². The zero-order valence-electron chi connectivity index (χ0n) is 15.9. The third kappa shape index (κ3) is 6.35. The number of hydrogen-bond acceptors (Lipinski definition) is 5. The minimum atomic E-state index is -0.276. The lowest BCUT2D eigenvalue weighted by molar-refractivity contribution is -0.123. The van der Waals surface area contributed by atoms with Gasteiger partial charge in [0.25, 0.3) is 11.8 Å². The van der Waals surface area contributed by atoms with Crippen LogP contribution in [0.2, 0.25) is 0 Å². The van der Waals surface area contributed by atoms with Crippen LogP contribution in [0.5, 0.6) is 5.75 Å². The summed E-state index contributed by atoms with van der Waals surface area (Å²) in [6, 6.07) is 17.8. The number of amides is 2. The molecule has 0 aliphatic heterocycles. The second-order valence-corrected chi connectivity index (χ2v) is 6.28. The predicted octanol–water partition coefficient (Wildman–Crippen LogP) is 3.05. The van der Waals surface area contributed by atoms with Gasteiger partial charge in [-0.3, -0.25) is 9.59 Å². The zero-order valence-corrected chi connectivity index (χ0v) is 15.9. The molecule has 0 atom stereocenters. The summed E-state index contributed by atoms with van der Waals surface area (Å²) in [6.07, 6.45) is 3.09. The number of nitrogens with one attached hydrogen (secondary N) is 2. The molecule has 0 spiro atoms. The van der Waals surface area contributed by atoms with Crippen molar-refractivity contribution in [1.29, 1.82) is 0 Å². The van der Waals surface area contributed by atoms with Crippen LogP contribution in [-0.2, 0) is 11.3 Å². The fourth-order valence-corrected chi connectivity index (χ4v) is 2.38. The molecule has 1 aromatic heterocycles. The molecule has 0 aliphatic rings. The number of furan rings is 1. The first-order chi connectivity index (χ1) is 14.1. The van der Waals surface area contributed by atoms with Crippen LogP contribution in [0.4, 0.5) is 0 Å². The average molecular weight is 391 g/mol. The topological polar surface area (TPSA) is 92.9 Å². The maximum atomic E-state index is 12.0. The van der Waals surface area contributed by atoms with E-state index in [0.717, 1.165) is 11.1 Å². The van der Waals surface area contributed by atoms with Gasteiger partial charge in [-0.05, 0) is 61.0 Å². The molecule has 3 rings (SSSR count). The highest BCUT2D eigenvalue weighted by Gasteiger charge is 2.05. The minimum Gasteiger partial charge on any atom is -0.484 e. The molecule has 1 heterocycles. The van der Waals surface area contributed by atoms with E-state index in [1.807, 2.05) is 19.1 Å². The molecule has 2 N–H and O–H groups in total. The highest BCUT2D eigenvalue weighted by atomic mass is 16.5. The first-order valence-electron chi connectivity index (χ1n) is 9.02. The van der Waals surface area contributed by atoms with Crippen LogP contribution in [0.3, 0.4) is 0 Å². The van der Waals surface area contributed by atoms with E-state index in [-0.39, 0.29) is 18.4 Å². The Hall–Kier alpha value is -3.87. The summed E-state index contributed by atoms with van der Waals surface area (Å²) in [5.41, 5.74) is 4.90. The Labute approximate surface area is 168 Å². The van der Waals surface area contributed by atoms with Crippen molar-refractivity contribution < 1.29 is 18.7 Å². The third-order valence-corrected chi connectivity index (χ3v) is 3.98. The van der Waals surface area contributed by atoms with E-state index in [2.05, 4.69) is 15.8 Å². The summed E-state index contributed by atoms with van der Waals surface area (Å²) < 4.78 is 10.6. The normalized spacial score (nSPS) is 10.7. The molecule has 7 nitrogen and oxygen atoms in total. The number of ether oxygens (including phenoxy) is 1. The number of hydrazone groups is 1. The molecule has 0 fully saturated rings. The van der Waals surface area contributed by atoms with E-state index in [9.17, 15) is 9.59 Å². The fraction of sp³-hybridized carbons (Fsp3) is 0.136. The van der Waals surface area contributed by atoms with Crippen LogP contribution < -0.4 is 15.5 Å². The van der Waals surface area contributed by atoms with Crippen LogP contribution >= 0.6 is 0 Å². The van der Waals surface area contributed by atoms with E-state index in [0.29, 0.717) is 23.6 Å². The second-order valence-electron chi connectivity index (χ2n) is 6.28. The Morgan fingerprint density at radius 1 is 1.07 bits per heavy atom. The molecule has 7 heteroatoms. The van der Waals surface area contributed by atoms with Gasteiger partial charge in [-0.1, -0.05) is 17.7 Å². The molecule has 2 aromatic carbocycles. The van der Waals surface area contributed by atoms with Gasteiger partial charge >= 0.3 is 0 Å². The summed E-state index contributed by atoms with van der Waals surface area (Å²) in [4.78, 5) is 23.8. The quantitative estimate of drug-likeness (QED) is 0.456. The molecular weight excluding hydrogens is 370 g/mol. The molecule has 29 heavy (non-hydrogen) atoms. The summed E-state index contributed by atoms with van der Waals surface area (Å²) >= 11 is 0. The van der Waals surface area contributed by atoms with Crippen molar-refractivity contribution in [2.45, 2.75) is 13.5 Å². The summed E-state index contributed by atoms with van der Waals surface area (Å²) in [7, 11) is 0. The van der Waals surface area contributed by atoms with E-state index in [1.165, 1.54) is 6.21 Å². The minimum absolute atomic E-state index is 0.0965. The molecule has 0 aliphatic carbocycles. The van der Waals surface area contributed by atoms with Gasteiger partial charge in [-0.15, -0.1) is 0 Å². The Bertz CT molecular complexity index is 962. The maximum Gasteiger partial charge on any atom is 0.271 e. The van der Waals surface area contributed by atoms with Crippen molar-refractivity contribution in [2.75, 3.05) is 6.61 Å². The van der Waals surface area contributed by atoms with Gasteiger partial charge in [0, 0.05) is 5.56 Å². The lowest BCUT2D eigenvalue weighted by Gasteiger charge is -2.06. The predicted molar refractivity (Wildman–Crippen MR) is 109 cm³/mol. The first kappa shape index (κ1) is 19.9. The van der Waals surface area contributed by atoms with Gasteiger partial charge in [0.15, 0.2) is 6.61 Å². The highest BCUT2D eigenvalue weighted by molar-refractivity contribution is 5.94. The van der Waals surface area contributed by atoms with E-state index < -0.39 is 0 Å². The number of nitrogens with zero attached hydrogens (tertiary/aromatic N) is 1. The molecule has 0 saturated carbocycles. The molecule has 148 valence electrons. The Balaban J connectivity index is 1.42.